The predicted molar refractivity (Wildman–Crippen MR) is 71.0 cm³/mol. The Morgan fingerprint density at radius 3 is 2.53 bits per heavy atom. The smallest absolute Gasteiger partial charge is 0.413 e. The van der Waals surface area contributed by atoms with Crippen LogP contribution in [0.5, 0.6) is 5.75 Å². The molecule has 0 heterocycles. The van der Waals surface area contributed by atoms with Crippen molar-refractivity contribution >= 4 is 24.0 Å². The fourth-order valence-electron chi connectivity index (χ4n) is 1.19. The zero-order valence-electron chi connectivity index (χ0n) is 10.6. The second-order valence-corrected chi connectivity index (χ2v) is 3.95. The van der Waals surface area contributed by atoms with Crippen molar-refractivity contribution in [2.24, 2.45) is 0 Å². The summed E-state index contributed by atoms with van der Waals surface area (Å²) in [5.74, 6) is 0.429. The highest BCUT2D eigenvalue weighted by Crippen LogP contribution is 2.17. The minimum atomic E-state index is -0.568. The molecule has 0 aliphatic heterocycles. The van der Waals surface area contributed by atoms with Crippen LogP contribution in [-0.2, 0) is 9.53 Å². The number of halogens is 1. The zero-order valence-corrected chi connectivity index (χ0v) is 11.4. The summed E-state index contributed by atoms with van der Waals surface area (Å²) in [7, 11) is 1.46. The van der Waals surface area contributed by atoms with Gasteiger partial charge in [-0.05, 0) is 31.2 Å². The summed E-state index contributed by atoms with van der Waals surface area (Å²) in [4.78, 5) is 23.4. The zero-order chi connectivity index (χ0) is 14.3. The van der Waals surface area contributed by atoms with E-state index in [1.54, 1.807) is 31.2 Å². The molecule has 5 nitrogen and oxygen atoms in total. The molecule has 19 heavy (non-hydrogen) atoms. The Hall–Kier alpha value is -2.01. The second kappa shape index (κ2) is 7.43. The van der Waals surface area contributed by atoms with Crippen molar-refractivity contribution in [2.75, 3.05) is 13.7 Å². The van der Waals surface area contributed by atoms with E-state index in [4.69, 9.17) is 21.1 Å². The molecule has 0 aliphatic carbocycles. The molecular weight excluding hydrogens is 270 g/mol. The lowest BCUT2D eigenvalue weighted by Crippen LogP contribution is -2.23. The third-order valence-corrected chi connectivity index (χ3v) is 2.29. The van der Waals surface area contributed by atoms with Crippen LogP contribution in [0.4, 0.5) is 4.79 Å². The Bertz CT molecular complexity index is 470. The first-order valence-corrected chi connectivity index (χ1v) is 5.94. The number of hydrogen-bond donors (Lipinski definition) is 0. The van der Waals surface area contributed by atoms with Crippen LogP contribution in [0.2, 0.25) is 5.02 Å². The maximum atomic E-state index is 11.4. The van der Waals surface area contributed by atoms with E-state index < -0.39 is 6.09 Å². The fourth-order valence-corrected chi connectivity index (χ4v) is 1.31. The number of amides is 1. The number of ether oxygens (including phenoxy) is 2. The summed E-state index contributed by atoms with van der Waals surface area (Å²) in [6.45, 7) is 1.95. The minimum Gasteiger partial charge on any atom is -0.452 e. The van der Waals surface area contributed by atoms with Gasteiger partial charge in [0.05, 0.1) is 12.8 Å². The van der Waals surface area contributed by atoms with Crippen LogP contribution in [0.25, 0.3) is 0 Å². The molecule has 0 unspecified atom stereocenters. The third kappa shape index (κ3) is 5.01. The van der Waals surface area contributed by atoms with Gasteiger partial charge in [0.1, 0.15) is 5.75 Å². The first-order valence-electron chi connectivity index (χ1n) is 5.56. The molecular formula is C13H14ClNO4. The van der Waals surface area contributed by atoms with Gasteiger partial charge in [-0.15, -0.1) is 0 Å². The van der Waals surface area contributed by atoms with Gasteiger partial charge in [-0.2, -0.15) is 0 Å². The number of benzene rings is 1. The molecule has 1 aromatic carbocycles. The summed E-state index contributed by atoms with van der Waals surface area (Å²) in [5.41, 5.74) is 0. The van der Waals surface area contributed by atoms with Gasteiger partial charge in [-0.3, -0.25) is 9.69 Å². The lowest BCUT2D eigenvalue weighted by Gasteiger charge is -2.13. The molecule has 1 rings (SSSR count). The van der Waals surface area contributed by atoms with Crippen LogP contribution in [0.15, 0.2) is 36.2 Å². The molecule has 0 fully saturated rings. The average molecular weight is 284 g/mol. The van der Waals surface area contributed by atoms with E-state index in [0.717, 1.165) is 4.90 Å². The van der Waals surface area contributed by atoms with Gasteiger partial charge in [0.2, 0.25) is 0 Å². The van der Waals surface area contributed by atoms with Crippen molar-refractivity contribution in [1.29, 1.82) is 0 Å². The molecule has 0 bridgehead atoms. The van der Waals surface area contributed by atoms with Gasteiger partial charge in [-0.1, -0.05) is 11.6 Å². The van der Waals surface area contributed by atoms with Gasteiger partial charge in [0.15, 0.2) is 12.0 Å². The number of hydrogen-bond acceptors (Lipinski definition) is 4. The van der Waals surface area contributed by atoms with E-state index in [1.807, 2.05) is 0 Å². The largest absolute Gasteiger partial charge is 0.452 e. The lowest BCUT2D eigenvalue weighted by molar-refractivity contribution is -0.106. The molecule has 0 aliphatic rings. The highest BCUT2D eigenvalue weighted by molar-refractivity contribution is 6.30. The molecule has 0 saturated heterocycles. The van der Waals surface area contributed by atoms with Crippen LogP contribution in [0.3, 0.4) is 0 Å². The van der Waals surface area contributed by atoms with E-state index in [0.29, 0.717) is 17.1 Å². The van der Waals surface area contributed by atoms with Crippen molar-refractivity contribution in [1.82, 2.24) is 4.90 Å². The Morgan fingerprint density at radius 1 is 1.37 bits per heavy atom. The monoisotopic (exact) mass is 283 g/mol. The number of rotatable bonds is 5. The summed E-state index contributed by atoms with van der Waals surface area (Å²) in [6, 6.07) is 6.50. The van der Waals surface area contributed by atoms with E-state index in [2.05, 4.69) is 0 Å². The highest BCUT2D eigenvalue weighted by Gasteiger charge is 2.09. The molecule has 0 radical (unpaired) electrons. The fraction of sp³-hybridized carbons (Fsp3) is 0.231. The standard InChI is InChI=1S/C13H14ClNO4/c1-3-18-13(17)15(2)8-12(9-16)19-11-6-4-10(14)5-7-11/h4-9H,3H2,1-2H3. The molecule has 0 saturated carbocycles. The van der Waals surface area contributed by atoms with Gasteiger partial charge < -0.3 is 9.47 Å². The first-order chi connectivity index (χ1) is 9.06. The van der Waals surface area contributed by atoms with E-state index in [1.165, 1.54) is 13.2 Å². The van der Waals surface area contributed by atoms with Crippen molar-refractivity contribution in [3.05, 3.63) is 41.2 Å². The number of nitrogens with zero attached hydrogens (tertiary/aromatic N) is 1. The van der Waals surface area contributed by atoms with Crippen LogP contribution in [-0.4, -0.2) is 30.9 Å². The summed E-state index contributed by atoms with van der Waals surface area (Å²) in [6.07, 6.45) is 1.19. The lowest BCUT2D eigenvalue weighted by atomic mass is 10.3. The molecule has 1 aromatic rings. The van der Waals surface area contributed by atoms with Crippen LogP contribution >= 0.6 is 11.6 Å². The normalized spacial score (nSPS) is 10.8. The maximum absolute atomic E-state index is 11.4. The number of carbonyl (C=O) groups is 2. The molecule has 6 heteroatoms. The Balaban J connectivity index is 2.74. The molecule has 1 amide bonds. The number of allylic oxidation sites excluding steroid dienone is 1. The quantitative estimate of drug-likeness (QED) is 0.474. The Labute approximate surface area is 116 Å². The third-order valence-electron chi connectivity index (χ3n) is 2.04. The van der Waals surface area contributed by atoms with Gasteiger partial charge in [0, 0.05) is 12.1 Å². The maximum Gasteiger partial charge on any atom is 0.413 e. The van der Waals surface area contributed by atoms with Gasteiger partial charge in [0.25, 0.3) is 0 Å². The van der Waals surface area contributed by atoms with Crippen molar-refractivity contribution in [3.63, 3.8) is 0 Å². The van der Waals surface area contributed by atoms with E-state index in [-0.39, 0.29) is 12.4 Å². The van der Waals surface area contributed by atoms with Gasteiger partial charge in [-0.25, -0.2) is 4.79 Å². The Kier molecular flexibility index (Phi) is 5.89. The molecule has 0 N–H and O–H groups in total. The Morgan fingerprint density at radius 2 is 2.00 bits per heavy atom. The van der Waals surface area contributed by atoms with E-state index in [9.17, 15) is 9.59 Å². The van der Waals surface area contributed by atoms with Crippen LogP contribution in [0, 0.1) is 0 Å². The summed E-state index contributed by atoms with van der Waals surface area (Å²) in [5, 5.41) is 0.563. The molecule has 0 atom stereocenters. The predicted octanol–water partition coefficient (Wildman–Crippen LogP) is 2.85. The topological polar surface area (TPSA) is 55.8 Å². The average Bonchev–Trinajstić information content (AvgIpc) is 2.40. The number of carbonyl (C=O) groups excluding carboxylic acids is 2. The molecule has 102 valence electrons. The summed E-state index contributed by atoms with van der Waals surface area (Å²) < 4.78 is 10.1. The minimum absolute atomic E-state index is 0.0159. The highest BCUT2D eigenvalue weighted by atomic mass is 35.5. The van der Waals surface area contributed by atoms with Crippen LogP contribution in [0.1, 0.15) is 6.92 Å². The van der Waals surface area contributed by atoms with Crippen molar-refractivity contribution in [3.8, 4) is 5.75 Å². The SMILES string of the molecule is CCOC(=O)N(C)C=C(C=O)Oc1ccc(Cl)cc1. The molecule has 0 aromatic heterocycles. The first kappa shape index (κ1) is 15.0. The van der Waals surface area contributed by atoms with Crippen molar-refractivity contribution < 1.29 is 19.1 Å². The molecule has 0 spiro atoms. The van der Waals surface area contributed by atoms with Crippen molar-refractivity contribution in [2.45, 2.75) is 6.92 Å². The van der Waals surface area contributed by atoms with E-state index >= 15 is 0 Å². The second-order valence-electron chi connectivity index (χ2n) is 3.52. The van der Waals surface area contributed by atoms with Crippen LogP contribution < -0.4 is 4.74 Å². The summed E-state index contributed by atoms with van der Waals surface area (Å²) >= 11 is 5.73. The number of aldehydes is 1. The van der Waals surface area contributed by atoms with Gasteiger partial charge >= 0.3 is 6.09 Å².